The van der Waals surface area contributed by atoms with E-state index in [9.17, 15) is 38.5 Å². The van der Waals surface area contributed by atoms with E-state index in [2.05, 4.69) is 10.3 Å². The maximum absolute atomic E-state index is 14.4. The average Bonchev–Trinajstić information content (AvgIpc) is 3.15. The zero-order chi connectivity index (χ0) is 29.5. The number of halogens is 2. The molecule has 5 N–H and O–H groups in total. The molecule has 0 unspecified atom stereocenters. The highest BCUT2D eigenvalue weighted by atomic mass is 19.3. The molecule has 4 aromatic rings. The van der Waals surface area contributed by atoms with Gasteiger partial charge in [-0.25, -0.2) is 14.4 Å². The Morgan fingerprint density at radius 3 is 2.51 bits per heavy atom. The number of aromatic hydroxyl groups is 2. The zero-order valence-electron chi connectivity index (χ0n) is 20.7. The molecule has 41 heavy (non-hydrogen) atoms. The minimum absolute atomic E-state index is 0.0151. The van der Waals surface area contributed by atoms with Crippen LogP contribution < -0.4 is 16.6 Å². The first kappa shape index (κ1) is 27.7. The van der Waals surface area contributed by atoms with Crippen LogP contribution in [0.5, 0.6) is 11.5 Å². The SMILES string of the molecule is O=C(Nc1ccn([C@@H]2O[C@H](CO)[C@H](O)C2(F)F)c(=O)n1)OCc1cc(=O)oc2cc(O)c(-c3ccc(O)cc3)cc12. The van der Waals surface area contributed by atoms with E-state index in [0.29, 0.717) is 21.1 Å². The van der Waals surface area contributed by atoms with Crippen molar-refractivity contribution in [1.29, 1.82) is 0 Å². The second-order valence-corrected chi connectivity index (χ2v) is 9.04. The third-order valence-electron chi connectivity index (χ3n) is 6.36. The molecule has 2 aromatic carbocycles. The van der Waals surface area contributed by atoms with E-state index < -0.39 is 55.0 Å². The van der Waals surface area contributed by atoms with Crippen molar-refractivity contribution < 1.29 is 47.9 Å². The summed E-state index contributed by atoms with van der Waals surface area (Å²) in [4.78, 5) is 40.3. The van der Waals surface area contributed by atoms with Gasteiger partial charge < -0.3 is 34.3 Å². The predicted octanol–water partition coefficient (Wildman–Crippen LogP) is 2.06. The van der Waals surface area contributed by atoms with E-state index in [1.807, 2.05) is 0 Å². The number of nitrogens with one attached hydrogen (secondary N) is 1. The molecule has 5 rings (SSSR count). The number of ether oxygens (including phenoxy) is 2. The van der Waals surface area contributed by atoms with E-state index in [1.165, 1.54) is 24.3 Å². The Labute approximate surface area is 227 Å². The molecule has 15 heteroatoms. The number of benzene rings is 2. The van der Waals surface area contributed by atoms with Crippen molar-refractivity contribution in [3.63, 3.8) is 0 Å². The van der Waals surface area contributed by atoms with Gasteiger partial charge in [0.05, 0.1) is 6.61 Å². The largest absolute Gasteiger partial charge is 0.508 e. The number of fused-ring (bicyclic) bond motifs is 1. The maximum Gasteiger partial charge on any atom is 0.413 e. The lowest BCUT2D eigenvalue weighted by molar-refractivity contribution is -0.140. The summed E-state index contributed by atoms with van der Waals surface area (Å²) < 4.78 is 44.3. The number of carbonyl (C=O) groups excluding carboxylic acids is 1. The molecule has 3 heterocycles. The fraction of sp³-hybridized carbons (Fsp3) is 0.231. The smallest absolute Gasteiger partial charge is 0.413 e. The van der Waals surface area contributed by atoms with Crippen LogP contribution in [0.15, 0.2) is 68.7 Å². The quantitative estimate of drug-likeness (QED) is 0.212. The molecule has 1 amide bonds. The average molecular weight is 573 g/mol. The zero-order valence-corrected chi connectivity index (χ0v) is 20.7. The third kappa shape index (κ3) is 5.32. The van der Waals surface area contributed by atoms with Gasteiger partial charge in [0.15, 0.2) is 6.10 Å². The number of aliphatic hydroxyl groups excluding tert-OH is 2. The molecule has 1 saturated heterocycles. The minimum atomic E-state index is -3.91. The van der Waals surface area contributed by atoms with E-state index in [4.69, 9.17) is 19.0 Å². The first-order chi connectivity index (χ1) is 19.5. The number of rotatable bonds is 6. The highest BCUT2D eigenvalue weighted by Gasteiger charge is 2.59. The second-order valence-electron chi connectivity index (χ2n) is 9.04. The molecule has 1 fully saturated rings. The normalized spacial score (nSPS) is 19.8. The molecule has 0 radical (unpaired) electrons. The topological polar surface area (TPSA) is 194 Å². The van der Waals surface area contributed by atoms with E-state index in [0.717, 1.165) is 18.3 Å². The molecule has 0 aliphatic carbocycles. The van der Waals surface area contributed by atoms with Gasteiger partial charge in [0.2, 0.25) is 6.23 Å². The van der Waals surface area contributed by atoms with Crippen LogP contribution in [-0.2, 0) is 16.1 Å². The summed E-state index contributed by atoms with van der Waals surface area (Å²) in [6, 6.07) is 10.8. The lowest BCUT2D eigenvalue weighted by atomic mass is 10.0. The van der Waals surface area contributed by atoms with E-state index in [-0.39, 0.29) is 28.5 Å². The van der Waals surface area contributed by atoms with Crippen LogP contribution in [0.25, 0.3) is 22.1 Å². The number of phenols is 2. The fourth-order valence-electron chi connectivity index (χ4n) is 4.32. The van der Waals surface area contributed by atoms with Gasteiger partial charge >= 0.3 is 23.3 Å². The van der Waals surface area contributed by atoms with Gasteiger partial charge in [0.25, 0.3) is 0 Å². The monoisotopic (exact) mass is 573 g/mol. The van der Waals surface area contributed by atoms with Crippen molar-refractivity contribution in [2.24, 2.45) is 0 Å². The summed E-state index contributed by atoms with van der Waals surface area (Å²) in [7, 11) is 0. The van der Waals surface area contributed by atoms with Crippen molar-refractivity contribution >= 4 is 22.9 Å². The van der Waals surface area contributed by atoms with Gasteiger partial charge in [0, 0.05) is 34.8 Å². The van der Waals surface area contributed by atoms with Gasteiger partial charge in [-0.1, -0.05) is 12.1 Å². The molecule has 0 spiro atoms. The highest BCUT2D eigenvalue weighted by molar-refractivity contribution is 5.89. The number of aliphatic hydroxyl groups is 2. The van der Waals surface area contributed by atoms with E-state index >= 15 is 0 Å². The van der Waals surface area contributed by atoms with Crippen molar-refractivity contribution in [3.05, 3.63) is 81.2 Å². The Kier molecular flexibility index (Phi) is 7.17. The number of amides is 1. The third-order valence-corrected chi connectivity index (χ3v) is 6.36. The number of carbonyl (C=O) groups is 1. The Bertz CT molecular complexity index is 1740. The molecule has 3 atom stereocenters. The number of anilines is 1. The predicted molar refractivity (Wildman–Crippen MR) is 136 cm³/mol. The number of alkyl halides is 2. The molecular weight excluding hydrogens is 552 g/mol. The summed E-state index contributed by atoms with van der Waals surface area (Å²) in [5.74, 6) is -4.44. The van der Waals surface area contributed by atoms with Crippen molar-refractivity contribution in [2.75, 3.05) is 11.9 Å². The number of hydrogen-bond donors (Lipinski definition) is 5. The van der Waals surface area contributed by atoms with Gasteiger partial charge in [-0.3, -0.25) is 9.88 Å². The summed E-state index contributed by atoms with van der Waals surface area (Å²) in [5, 5.41) is 41.2. The van der Waals surface area contributed by atoms with Crippen LogP contribution in [0.2, 0.25) is 0 Å². The lowest BCUT2D eigenvalue weighted by Crippen LogP contribution is -2.41. The minimum Gasteiger partial charge on any atom is -0.508 e. The number of hydrogen-bond acceptors (Lipinski definition) is 11. The van der Waals surface area contributed by atoms with Crippen LogP contribution in [0, 0.1) is 0 Å². The Morgan fingerprint density at radius 1 is 1.12 bits per heavy atom. The molecule has 13 nitrogen and oxygen atoms in total. The lowest BCUT2D eigenvalue weighted by Gasteiger charge is -2.21. The van der Waals surface area contributed by atoms with Crippen molar-refractivity contribution in [2.45, 2.75) is 31.0 Å². The number of aromatic nitrogens is 2. The summed E-state index contributed by atoms with van der Waals surface area (Å²) >= 11 is 0. The first-order valence-corrected chi connectivity index (χ1v) is 11.9. The first-order valence-electron chi connectivity index (χ1n) is 11.9. The maximum atomic E-state index is 14.4. The summed E-state index contributed by atoms with van der Waals surface area (Å²) in [6.45, 7) is -1.35. The van der Waals surface area contributed by atoms with Gasteiger partial charge in [-0.15, -0.1) is 0 Å². The van der Waals surface area contributed by atoms with E-state index in [1.54, 1.807) is 12.1 Å². The van der Waals surface area contributed by atoms with Crippen LogP contribution in [0.4, 0.5) is 19.4 Å². The van der Waals surface area contributed by atoms with Crippen LogP contribution >= 0.6 is 0 Å². The number of phenolic OH excluding ortho intramolecular Hbond substituents is 2. The van der Waals surface area contributed by atoms with Gasteiger partial charge in [-0.05, 0) is 29.8 Å². The van der Waals surface area contributed by atoms with Crippen LogP contribution in [-0.4, -0.2) is 60.8 Å². The molecule has 0 saturated carbocycles. The number of nitrogens with zero attached hydrogens (tertiary/aromatic N) is 2. The highest BCUT2D eigenvalue weighted by Crippen LogP contribution is 2.42. The van der Waals surface area contributed by atoms with Crippen molar-refractivity contribution in [1.82, 2.24) is 9.55 Å². The Morgan fingerprint density at radius 2 is 1.85 bits per heavy atom. The molecule has 214 valence electrons. The van der Waals surface area contributed by atoms with Gasteiger partial charge in [-0.2, -0.15) is 13.8 Å². The van der Waals surface area contributed by atoms with Crippen molar-refractivity contribution in [3.8, 4) is 22.6 Å². The summed E-state index contributed by atoms with van der Waals surface area (Å²) in [5.41, 5.74) is -0.907. The molecule has 0 bridgehead atoms. The second kappa shape index (κ2) is 10.6. The molecule has 2 aromatic heterocycles. The van der Waals surface area contributed by atoms with Gasteiger partial charge in [0.1, 0.15) is 35.6 Å². The van der Waals surface area contributed by atoms with Crippen LogP contribution in [0.1, 0.15) is 11.8 Å². The molecule has 1 aliphatic rings. The fourth-order valence-corrected chi connectivity index (χ4v) is 4.32. The Hall–Kier alpha value is -4.86. The standard InChI is InChI=1S/C26H21F2N3O10/c27-26(28)22(36)19(10-32)41-23(26)31-6-5-20(29-24(31)37)30-25(38)39-11-13-7-21(35)40-18-9-17(34)15(8-16(13)18)12-1-3-14(33)4-2-12/h1-9,19,22-23,32-34,36H,10-11H2,(H,29,30,37,38)/t19-,22+,23-/m1/s1. The molecular formula is C26H21F2N3O10. The summed E-state index contributed by atoms with van der Waals surface area (Å²) in [6.07, 6.45) is -6.45. The Balaban J connectivity index is 1.33. The molecule has 1 aliphatic heterocycles. The van der Waals surface area contributed by atoms with Crippen LogP contribution in [0.3, 0.4) is 0 Å².